The number of nitrogens with zero attached hydrogens (tertiary/aromatic N) is 2. The minimum atomic E-state index is -0.542. The highest BCUT2D eigenvalue weighted by Gasteiger charge is 2.27. The molecule has 8 heteroatoms. The van der Waals surface area contributed by atoms with Gasteiger partial charge in [-0.25, -0.2) is 9.86 Å². The Morgan fingerprint density at radius 3 is 2.58 bits per heavy atom. The summed E-state index contributed by atoms with van der Waals surface area (Å²) in [6, 6.07) is 2.31. The molecule has 1 aliphatic rings. The maximum atomic E-state index is 12.3. The number of hydrogen-bond acceptors (Lipinski definition) is 4. The Morgan fingerprint density at radius 1 is 1.38 bits per heavy atom. The molecule has 134 valence electrons. The quantitative estimate of drug-likeness (QED) is 0.623. The van der Waals surface area contributed by atoms with Gasteiger partial charge >= 0.3 is 6.03 Å². The Balaban J connectivity index is 2.02. The summed E-state index contributed by atoms with van der Waals surface area (Å²) in [7, 11) is 3.53. The van der Waals surface area contributed by atoms with Crippen molar-refractivity contribution in [2.45, 2.75) is 31.8 Å². The zero-order valence-corrected chi connectivity index (χ0v) is 15.6. The molecule has 2 amide bonds. The second-order valence-corrected chi connectivity index (χ2v) is 6.79. The minimum Gasteiger partial charge on any atom is -0.495 e. The first-order chi connectivity index (χ1) is 11.3. The van der Waals surface area contributed by atoms with Gasteiger partial charge in [0.1, 0.15) is 10.8 Å². The van der Waals surface area contributed by atoms with Crippen LogP contribution in [-0.2, 0) is 0 Å². The number of piperidine rings is 1. The van der Waals surface area contributed by atoms with Crippen molar-refractivity contribution in [3.8, 4) is 5.75 Å². The highest BCUT2D eigenvalue weighted by molar-refractivity contribution is 6.43. The van der Waals surface area contributed by atoms with Gasteiger partial charge in [-0.2, -0.15) is 0 Å². The summed E-state index contributed by atoms with van der Waals surface area (Å²) in [5.74, 6) is 0.471. The number of hydroxylamine groups is 2. The molecule has 0 radical (unpaired) electrons. The number of carbonyl (C=O) groups excluding carboxylic acids is 1. The maximum Gasteiger partial charge on any atom is 0.341 e. The highest BCUT2D eigenvalue weighted by atomic mass is 35.5. The molecule has 2 rings (SSSR count). The van der Waals surface area contributed by atoms with Crippen molar-refractivity contribution in [2.24, 2.45) is 0 Å². The molecule has 1 aromatic rings. The molecule has 24 heavy (non-hydrogen) atoms. The van der Waals surface area contributed by atoms with E-state index in [4.69, 9.17) is 27.9 Å². The maximum absolute atomic E-state index is 12.3. The second kappa shape index (κ2) is 8.25. The average Bonchev–Trinajstić information content (AvgIpc) is 2.57. The van der Waals surface area contributed by atoms with Gasteiger partial charge in [-0.1, -0.05) is 29.3 Å². The van der Waals surface area contributed by atoms with Crippen LogP contribution < -0.4 is 10.1 Å². The summed E-state index contributed by atoms with van der Waals surface area (Å²) >= 11 is 12.4. The first kappa shape index (κ1) is 19.1. The van der Waals surface area contributed by atoms with E-state index < -0.39 is 12.1 Å². The number of likely N-dealkylation sites (tertiary alicyclic amines) is 1. The lowest BCUT2D eigenvalue weighted by atomic mass is 10.1. The second-order valence-electron chi connectivity index (χ2n) is 6.04. The molecular weight excluding hydrogens is 353 g/mol. The topological polar surface area (TPSA) is 65.0 Å². The van der Waals surface area contributed by atoms with E-state index in [1.165, 1.54) is 7.11 Å². The largest absolute Gasteiger partial charge is 0.495 e. The molecule has 0 saturated carbocycles. The van der Waals surface area contributed by atoms with Crippen LogP contribution in [0.3, 0.4) is 0 Å². The van der Waals surface area contributed by atoms with E-state index in [1.54, 1.807) is 19.1 Å². The van der Waals surface area contributed by atoms with Gasteiger partial charge in [0.25, 0.3) is 0 Å². The normalized spacial score (nSPS) is 17.4. The van der Waals surface area contributed by atoms with Gasteiger partial charge < -0.3 is 15.0 Å². The zero-order chi connectivity index (χ0) is 17.9. The Bertz CT molecular complexity index is 592. The predicted octanol–water partition coefficient (Wildman–Crippen LogP) is 3.56. The van der Waals surface area contributed by atoms with E-state index in [-0.39, 0.29) is 6.04 Å². The monoisotopic (exact) mass is 375 g/mol. The number of hydrogen-bond donors (Lipinski definition) is 2. The summed E-state index contributed by atoms with van der Waals surface area (Å²) in [5, 5.41) is 14.3. The first-order valence-electron chi connectivity index (χ1n) is 7.84. The number of rotatable bonds is 4. The lowest BCUT2D eigenvalue weighted by Crippen LogP contribution is -2.48. The number of ether oxygens (including phenoxy) is 1. The number of methoxy groups -OCH3 is 1. The molecule has 6 nitrogen and oxygen atoms in total. The molecule has 1 aliphatic heterocycles. The van der Waals surface area contributed by atoms with Gasteiger partial charge in [-0.05, 0) is 51.5 Å². The van der Waals surface area contributed by atoms with Crippen molar-refractivity contribution in [2.75, 3.05) is 27.2 Å². The fourth-order valence-corrected chi connectivity index (χ4v) is 3.34. The minimum absolute atomic E-state index is 0.177. The summed E-state index contributed by atoms with van der Waals surface area (Å²) in [5.41, 5.74) is 0.660. The van der Waals surface area contributed by atoms with Crippen molar-refractivity contribution in [1.29, 1.82) is 0 Å². The fourth-order valence-electron chi connectivity index (χ4n) is 2.77. The lowest BCUT2D eigenvalue weighted by Gasteiger charge is -2.33. The molecule has 1 heterocycles. The molecule has 0 aliphatic carbocycles. The Hall–Kier alpha value is -1.21. The standard InChI is InChI=1S/C16H23Cl2N3O3/c1-10(12-4-5-13(24-3)15(18)14(12)17)19-16(22)21(23)11-6-8-20(2)9-7-11/h4-5,10-11,23H,6-9H2,1-3H3,(H,19,22)/t10-/m0/s1. The molecule has 2 N–H and O–H groups in total. The summed E-state index contributed by atoms with van der Waals surface area (Å²) in [6.45, 7) is 3.49. The molecule has 0 bridgehead atoms. The van der Waals surface area contributed by atoms with Gasteiger partial charge in [0.15, 0.2) is 0 Å². The lowest BCUT2D eigenvalue weighted by molar-refractivity contribution is -0.0919. The van der Waals surface area contributed by atoms with Crippen LogP contribution in [0.5, 0.6) is 5.75 Å². The smallest absolute Gasteiger partial charge is 0.341 e. The SMILES string of the molecule is COc1ccc([C@H](C)NC(=O)N(O)C2CCN(C)CC2)c(Cl)c1Cl. The predicted molar refractivity (Wildman–Crippen MR) is 94.1 cm³/mol. The zero-order valence-electron chi connectivity index (χ0n) is 14.1. The van der Waals surface area contributed by atoms with Crippen LogP contribution in [0.4, 0.5) is 4.79 Å². The van der Waals surface area contributed by atoms with E-state index in [2.05, 4.69) is 10.2 Å². The molecule has 0 aromatic heterocycles. The van der Waals surface area contributed by atoms with E-state index >= 15 is 0 Å². The van der Waals surface area contributed by atoms with Gasteiger partial charge in [0.2, 0.25) is 0 Å². The number of benzene rings is 1. The van der Waals surface area contributed by atoms with Gasteiger partial charge in [-0.3, -0.25) is 5.21 Å². The van der Waals surface area contributed by atoms with Crippen LogP contribution in [0, 0.1) is 0 Å². The van der Waals surface area contributed by atoms with Crippen molar-refractivity contribution >= 4 is 29.2 Å². The third-order valence-corrected chi connectivity index (χ3v) is 5.22. The Morgan fingerprint density at radius 2 is 2.00 bits per heavy atom. The van der Waals surface area contributed by atoms with Crippen molar-refractivity contribution in [3.05, 3.63) is 27.7 Å². The first-order valence-corrected chi connectivity index (χ1v) is 8.59. The molecule has 0 unspecified atom stereocenters. The molecule has 1 aromatic carbocycles. The van der Waals surface area contributed by atoms with Crippen LogP contribution in [-0.4, -0.2) is 54.5 Å². The average molecular weight is 376 g/mol. The van der Waals surface area contributed by atoms with E-state index in [0.29, 0.717) is 21.4 Å². The third-order valence-electron chi connectivity index (χ3n) is 4.35. The van der Waals surface area contributed by atoms with Gasteiger partial charge in [0.05, 0.1) is 24.2 Å². The summed E-state index contributed by atoms with van der Waals surface area (Å²) < 4.78 is 5.11. The highest BCUT2D eigenvalue weighted by Crippen LogP contribution is 2.37. The molecule has 1 fully saturated rings. The Kier molecular flexibility index (Phi) is 6.57. The summed E-state index contributed by atoms with van der Waals surface area (Å²) in [6.07, 6.45) is 1.48. The third kappa shape index (κ3) is 4.25. The molecular formula is C16H23Cl2N3O3. The fraction of sp³-hybridized carbons (Fsp3) is 0.562. The van der Waals surface area contributed by atoms with Crippen LogP contribution in [0.15, 0.2) is 12.1 Å². The van der Waals surface area contributed by atoms with E-state index in [1.807, 2.05) is 7.05 Å². The van der Waals surface area contributed by atoms with Crippen LogP contribution in [0.1, 0.15) is 31.4 Å². The number of urea groups is 1. The molecule has 1 saturated heterocycles. The molecule has 0 spiro atoms. The number of halogens is 2. The van der Waals surface area contributed by atoms with E-state index in [9.17, 15) is 10.0 Å². The van der Waals surface area contributed by atoms with Crippen LogP contribution in [0.2, 0.25) is 10.0 Å². The van der Waals surface area contributed by atoms with Crippen LogP contribution >= 0.6 is 23.2 Å². The number of nitrogens with one attached hydrogen (secondary N) is 1. The van der Waals surface area contributed by atoms with Crippen molar-refractivity contribution in [1.82, 2.24) is 15.3 Å². The van der Waals surface area contributed by atoms with Gasteiger partial charge in [0, 0.05) is 0 Å². The number of amides is 2. The van der Waals surface area contributed by atoms with Gasteiger partial charge in [-0.15, -0.1) is 0 Å². The van der Waals surface area contributed by atoms with Crippen LogP contribution in [0.25, 0.3) is 0 Å². The molecule has 1 atom stereocenters. The Labute approximate surface area is 152 Å². The van der Waals surface area contributed by atoms with Crippen molar-refractivity contribution < 1.29 is 14.7 Å². The van der Waals surface area contributed by atoms with E-state index in [0.717, 1.165) is 31.0 Å². The van der Waals surface area contributed by atoms with Crippen molar-refractivity contribution in [3.63, 3.8) is 0 Å². The summed E-state index contributed by atoms with van der Waals surface area (Å²) in [4.78, 5) is 14.4. The number of carbonyl (C=O) groups is 1.